The van der Waals surface area contributed by atoms with Crippen LogP contribution in [0.15, 0.2) is 47.4 Å². The number of aryl methyl sites for hydroxylation is 3. The summed E-state index contributed by atoms with van der Waals surface area (Å²) in [5.41, 5.74) is 4.89. The zero-order valence-corrected chi connectivity index (χ0v) is 18.3. The SMILES string of the molecule is CCOC(=O)C(CCC(Sc1cc(C)cc(C)c1)c1ccc(C)cc1)C(C)=O. The van der Waals surface area contributed by atoms with Gasteiger partial charge in [0, 0.05) is 10.1 Å². The maximum Gasteiger partial charge on any atom is 0.316 e. The fourth-order valence-corrected chi connectivity index (χ4v) is 4.67. The highest BCUT2D eigenvalue weighted by atomic mass is 32.2. The monoisotopic (exact) mass is 398 g/mol. The standard InChI is InChI=1S/C24H30O3S/c1-6-27-24(26)22(19(5)25)11-12-23(20-9-7-16(2)8-10-20)28-21-14-17(3)13-18(4)15-21/h7-10,13-15,22-23H,6,11-12H2,1-5H3. The van der Waals surface area contributed by atoms with Gasteiger partial charge in [-0.05, 0) is 76.3 Å². The topological polar surface area (TPSA) is 43.4 Å². The first-order chi connectivity index (χ1) is 13.3. The van der Waals surface area contributed by atoms with E-state index in [-0.39, 0.29) is 11.0 Å². The molecular weight excluding hydrogens is 368 g/mol. The minimum Gasteiger partial charge on any atom is -0.465 e. The molecule has 2 unspecified atom stereocenters. The van der Waals surface area contributed by atoms with Crippen LogP contribution < -0.4 is 0 Å². The van der Waals surface area contributed by atoms with E-state index in [2.05, 4.69) is 63.2 Å². The van der Waals surface area contributed by atoms with Gasteiger partial charge in [-0.3, -0.25) is 9.59 Å². The number of thioether (sulfide) groups is 1. The van der Waals surface area contributed by atoms with Crippen LogP contribution in [0.5, 0.6) is 0 Å². The van der Waals surface area contributed by atoms with Gasteiger partial charge >= 0.3 is 5.97 Å². The molecule has 0 saturated heterocycles. The van der Waals surface area contributed by atoms with Gasteiger partial charge in [0.15, 0.2) is 0 Å². The van der Waals surface area contributed by atoms with Crippen molar-refractivity contribution in [2.45, 2.75) is 57.6 Å². The van der Waals surface area contributed by atoms with Crippen molar-refractivity contribution < 1.29 is 14.3 Å². The summed E-state index contributed by atoms with van der Waals surface area (Å²) in [4.78, 5) is 25.4. The minimum absolute atomic E-state index is 0.127. The summed E-state index contributed by atoms with van der Waals surface area (Å²) < 4.78 is 5.10. The van der Waals surface area contributed by atoms with E-state index in [0.717, 1.165) is 6.42 Å². The largest absolute Gasteiger partial charge is 0.465 e. The summed E-state index contributed by atoms with van der Waals surface area (Å²) in [5.74, 6) is -1.22. The smallest absolute Gasteiger partial charge is 0.316 e. The number of benzene rings is 2. The Kier molecular flexibility index (Phi) is 8.31. The number of Topliss-reactive ketones (excluding diaryl/α,β-unsaturated/α-hetero) is 1. The molecule has 150 valence electrons. The van der Waals surface area contributed by atoms with Gasteiger partial charge in [0.25, 0.3) is 0 Å². The fourth-order valence-electron chi connectivity index (χ4n) is 3.29. The molecule has 0 spiro atoms. The first-order valence-corrected chi connectivity index (χ1v) is 10.7. The molecule has 0 N–H and O–H groups in total. The van der Waals surface area contributed by atoms with Crippen LogP contribution in [0.3, 0.4) is 0 Å². The summed E-state index contributed by atoms with van der Waals surface area (Å²) in [7, 11) is 0. The quantitative estimate of drug-likeness (QED) is 0.295. The van der Waals surface area contributed by atoms with Crippen molar-refractivity contribution in [3.63, 3.8) is 0 Å². The molecule has 2 aromatic rings. The van der Waals surface area contributed by atoms with E-state index in [4.69, 9.17) is 4.74 Å². The summed E-state index contributed by atoms with van der Waals surface area (Å²) in [6, 6.07) is 15.0. The summed E-state index contributed by atoms with van der Waals surface area (Å²) >= 11 is 1.79. The fraction of sp³-hybridized carbons (Fsp3) is 0.417. The lowest BCUT2D eigenvalue weighted by atomic mass is 9.96. The lowest BCUT2D eigenvalue weighted by molar-refractivity contribution is -0.151. The third-order valence-electron chi connectivity index (χ3n) is 4.70. The highest BCUT2D eigenvalue weighted by molar-refractivity contribution is 7.99. The minimum atomic E-state index is -0.687. The highest BCUT2D eigenvalue weighted by Gasteiger charge is 2.26. The van der Waals surface area contributed by atoms with Gasteiger partial charge in [-0.2, -0.15) is 0 Å². The van der Waals surface area contributed by atoms with Gasteiger partial charge in [0.2, 0.25) is 0 Å². The molecular formula is C24H30O3S. The predicted molar refractivity (Wildman–Crippen MR) is 116 cm³/mol. The molecule has 28 heavy (non-hydrogen) atoms. The average Bonchev–Trinajstić information content (AvgIpc) is 2.60. The van der Waals surface area contributed by atoms with E-state index in [1.165, 1.54) is 34.1 Å². The first kappa shape index (κ1) is 22.2. The zero-order chi connectivity index (χ0) is 20.7. The third kappa shape index (κ3) is 6.52. The van der Waals surface area contributed by atoms with Crippen LogP contribution in [0.4, 0.5) is 0 Å². The van der Waals surface area contributed by atoms with Gasteiger partial charge in [0.05, 0.1) is 6.61 Å². The summed E-state index contributed by atoms with van der Waals surface area (Å²) in [6.45, 7) is 9.80. The lowest BCUT2D eigenvalue weighted by Gasteiger charge is -2.20. The van der Waals surface area contributed by atoms with Crippen LogP contribution in [0.1, 0.15) is 54.2 Å². The Morgan fingerprint density at radius 2 is 1.54 bits per heavy atom. The van der Waals surface area contributed by atoms with E-state index >= 15 is 0 Å². The molecule has 0 radical (unpaired) electrons. The number of rotatable bonds is 9. The Labute approximate surface area is 172 Å². The molecule has 0 aliphatic rings. The zero-order valence-electron chi connectivity index (χ0n) is 17.5. The van der Waals surface area contributed by atoms with Crippen LogP contribution in [0, 0.1) is 26.7 Å². The molecule has 0 aromatic heterocycles. The lowest BCUT2D eigenvalue weighted by Crippen LogP contribution is -2.24. The number of hydrogen-bond acceptors (Lipinski definition) is 4. The maximum atomic E-state index is 12.2. The van der Waals surface area contributed by atoms with Crippen molar-refractivity contribution in [1.82, 2.24) is 0 Å². The van der Waals surface area contributed by atoms with E-state index in [1.54, 1.807) is 18.7 Å². The Hall–Kier alpha value is -2.07. The number of carbonyl (C=O) groups excluding carboxylic acids is 2. The summed E-state index contributed by atoms with van der Waals surface area (Å²) in [5, 5.41) is 0.165. The molecule has 0 aliphatic carbocycles. The Morgan fingerprint density at radius 3 is 2.07 bits per heavy atom. The Balaban J connectivity index is 2.23. The van der Waals surface area contributed by atoms with Crippen LogP contribution in [0.25, 0.3) is 0 Å². The molecule has 0 bridgehead atoms. The summed E-state index contributed by atoms with van der Waals surface area (Å²) in [6.07, 6.45) is 1.22. The van der Waals surface area contributed by atoms with Gasteiger partial charge in [0.1, 0.15) is 11.7 Å². The molecule has 2 rings (SSSR count). The number of ether oxygens (including phenoxy) is 1. The van der Waals surface area contributed by atoms with Crippen LogP contribution in [0.2, 0.25) is 0 Å². The van der Waals surface area contributed by atoms with Gasteiger partial charge in [-0.1, -0.05) is 35.9 Å². The van der Waals surface area contributed by atoms with Crippen molar-refractivity contribution in [1.29, 1.82) is 0 Å². The average molecular weight is 399 g/mol. The number of ketones is 1. The molecule has 0 heterocycles. The van der Waals surface area contributed by atoms with Crippen LogP contribution in [-0.4, -0.2) is 18.4 Å². The van der Waals surface area contributed by atoms with Crippen molar-refractivity contribution in [2.24, 2.45) is 5.92 Å². The molecule has 0 fully saturated rings. The van der Waals surface area contributed by atoms with E-state index in [0.29, 0.717) is 13.0 Å². The van der Waals surface area contributed by atoms with Crippen molar-refractivity contribution in [3.8, 4) is 0 Å². The predicted octanol–water partition coefficient (Wildman–Crippen LogP) is 5.99. The first-order valence-electron chi connectivity index (χ1n) is 9.78. The molecule has 0 amide bonds. The van der Waals surface area contributed by atoms with Crippen molar-refractivity contribution >= 4 is 23.5 Å². The van der Waals surface area contributed by atoms with Crippen LogP contribution in [-0.2, 0) is 14.3 Å². The molecule has 0 saturated carbocycles. The van der Waals surface area contributed by atoms with E-state index in [1.807, 2.05) is 0 Å². The normalized spacial score (nSPS) is 13.0. The molecule has 4 heteroatoms. The Bertz CT molecular complexity index is 791. The van der Waals surface area contributed by atoms with Crippen LogP contribution >= 0.6 is 11.8 Å². The van der Waals surface area contributed by atoms with Gasteiger partial charge in [-0.25, -0.2) is 0 Å². The maximum absolute atomic E-state index is 12.2. The molecule has 3 nitrogen and oxygen atoms in total. The number of carbonyl (C=O) groups is 2. The second-order valence-corrected chi connectivity index (χ2v) is 8.61. The number of hydrogen-bond donors (Lipinski definition) is 0. The molecule has 0 aliphatic heterocycles. The third-order valence-corrected chi connectivity index (χ3v) is 6.00. The number of esters is 1. The van der Waals surface area contributed by atoms with Gasteiger partial charge in [-0.15, -0.1) is 11.8 Å². The van der Waals surface area contributed by atoms with E-state index < -0.39 is 11.9 Å². The highest BCUT2D eigenvalue weighted by Crippen LogP contribution is 2.40. The Morgan fingerprint density at radius 1 is 0.929 bits per heavy atom. The van der Waals surface area contributed by atoms with Crippen molar-refractivity contribution in [2.75, 3.05) is 6.61 Å². The molecule has 2 atom stereocenters. The second-order valence-electron chi connectivity index (χ2n) is 7.33. The van der Waals surface area contributed by atoms with Crippen molar-refractivity contribution in [3.05, 3.63) is 64.7 Å². The second kappa shape index (κ2) is 10.5. The van der Waals surface area contributed by atoms with Gasteiger partial charge < -0.3 is 4.74 Å². The van der Waals surface area contributed by atoms with E-state index in [9.17, 15) is 9.59 Å². The molecule has 2 aromatic carbocycles.